The normalized spacial score (nSPS) is 36.5. The second kappa shape index (κ2) is 6.87. The monoisotopic (exact) mass is 450 g/mol. The first-order chi connectivity index (χ1) is 15.8. The van der Waals surface area contributed by atoms with E-state index in [1.807, 2.05) is 13.1 Å². The number of piperidine rings is 1. The Labute approximate surface area is 193 Å². The third-order valence-corrected chi connectivity index (χ3v) is 8.81. The van der Waals surface area contributed by atoms with E-state index in [0.29, 0.717) is 12.2 Å². The molecule has 0 radical (unpaired) electrons. The minimum atomic E-state index is -0.983. The van der Waals surface area contributed by atoms with Gasteiger partial charge in [-0.15, -0.1) is 0 Å². The van der Waals surface area contributed by atoms with E-state index in [-0.39, 0.29) is 29.7 Å². The van der Waals surface area contributed by atoms with Gasteiger partial charge in [0, 0.05) is 30.3 Å². The molecule has 2 fully saturated rings. The largest absolute Gasteiger partial charge is 0.504 e. The summed E-state index contributed by atoms with van der Waals surface area (Å²) in [5, 5.41) is 23.1. The zero-order valence-electron chi connectivity index (χ0n) is 19.2. The highest BCUT2D eigenvalue weighted by molar-refractivity contribution is 5.92. The molecule has 1 amide bonds. The van der Waals surface area contributed by atoms with E-state index in [0.717, 1.165) is 36.1 Å². The Morgan fingerprint density at radius 2 is 2.15 bits per heavy atom. The molecule has 0 unspecified atom stereocenters. The summed E-state index contributed by atoms with van der Waals surface area (Å²) < 4.78 is 11.6. The third-order valence-electron chi connectivity index (χ3n) is 8.81. The quantitative estimate of drug-likeness (QED) is 0.699. The van der Waals surface area contributed by atoms with Crippen LogP contribution >= 0.6 is 0 Å². The molecule has 2 aliphatic carbocycles. The molecule has 1 saturated carbocycles. The summed E-state index contributed by atoms with van der Waals surface area (Å²) in [4.78, 5) is 17.2. The van der Waals surface area contributed by atoms with Gasteiger partial charge in [-0.2, -0.15) is 0 Å². The number of aliphatic hydroxyl groups is 1. The number of carbonyl (C=O) groups is 1. The van der Waals surface area contributed by atoms with Crippen molar-refractivity contribution in [3.8, 4) is 11.5 Å². The van der Waals surface area contributed by atoms with Gasteiger partial charge < -0.3 is 29.2 Å². The predicted molar refractivity (Wildman–Crippen MR) is 122 cm³/mol. The number of furan rings is 1. The fourth-order valence-electron chi connectivity index (χ4n) is 7.39. The Balaban J connectivity index is 1.45. The molecule has 6 atom stereocenters. The number of benzene rings is 1. The molecule has 33 heavy (non-hydrogen) atoms. The summed E-state index contributed by atoms with van der Waals surface area (Å²) in [7, 11) is 3.90. The van der Waals surface area contributed by atoms with Gasteiger partial charge in [0.2, 0.25) is 5.91 Å². The number of hydrogen-bond donors (Lipinski definition) is 2. The topological polar surface area (TPSA) is 86.4 Å². The molecule has 2 bridgehead atoms. The summed E-state index contributed by atoms with van der Waals surface area (Å²) in [6.07, 6.45) is 8.06. The lowest BCUT2D eigenvalue weighted by Crippen LogP contribution is -2.79. The second-order valence-corrected chi connectivity index (χ2v) is 10.3. The zero-order valence-corrected chi connectivity index (χ0v) is 19.2. The summed E-state index contributed by atoms with van der Waals surface area (Å²) >= 11 is 0. The van der Waals surface area contributed by atoms with Crippen LogP contribution in [0.2, 0.25) is 0 Å². The highest BCUT2D eigenvalue weighted by atomic mass is 16.5. The fraction of sp³-hybridized carbons (Fsp3) is 0.500. The van der Waals surface area contributed by atoms with Crippen LogP contribution in [0.25, 0.3) is 6.08 Å². The van der Waals surface area contributed by atoms with Gasteiger partial charge in [-0.25, -0.2) is 0 Å². The number of likely N-dealkylation sites (tertiary alicyclic amines) is 1. The van der Waals surface area contributed by atoms with Crippen molar-refractivity contribution in [3.63, 3.8) is 0 Å². The minimum Gasteiger partial charge on any atom is -0.504 e. The third kappa shape index (κ3) is 2.55. The van der Waals surface area contributed by atoms with Gasteiger partial charge in [0.05, 0.1) is 29.6 Å². The number of nitrogens with zero attached hydrogens (tertiary/aromatic N) is 2. The first-order valence-corrected chi connectivity index (χ1v) is 11.7. The van der Waals surface area contributed by atoms with Crippen molar-refractivity contribution in [1.82, 2.24) is 9.80 Å². The van der Waals surface area contributed by atoms with Crippen molar-refractivity contribution in [1.29, 1.82) is 0 Å². The molecule has 2 aromatic rings. The number of hydrogen-bond acceptors (Lipinski definition) is 6. The lowest BCUT2D eigenvalue weighted by molar-refractivity contribution is -0.208. The van der Waals surface area contributed by atoms with E-state index in [4.69, 9.17) is 9.15 Å². The number of ether oxygens (including phenoxy) is 1. The van der Waals surface area contributed by atoms with Crippen LogP contribution in [0.5, 0.6) is 11.5 Å². The first kappa shape index (κ1) is 20.8. The van der Waals surface area contributed by atoms with Gasteiger partial charge >= 0.3 is 0 Å². The van der Waals surface area contributed by atoms with E-state index < -0.39 is 17.1 Å². The Morgan fingerprint density at radius 3 is 2.91 bits per heavy atom. The maximum absolute atomic E-state index is 13.2. The molecule has 7 heteroatoms. The van der Waals surface area contributed by atoms with Gasteiger partial charge in [0.1, 0.15) is 6.10 Å². The second-order valence-electron chi connectivity index (χ2n) is 10.3. The van der Waals surface area contributed by atoms with Crippen molar-refractivity contribution in [2.24, 2.45) is 5.92 Å². The summed E-state index contributed by atoms with van der Waals surface area (Å²) in [5.41, 5.74) is 1.29. The van der Waals surface area contributed by atoms with Crippen molar-refractivity contribution in [3.05, 3.63) is 53.5 Å². The van der Waals surface area contributed by atoms with Crippen LogP contribution in [0.1, 0.15) is 36.5 Å². The van der Waals surface area contributed by atoms with E-state index in [2.05, 4.69) is 18.9 Å². The number of likely N-dealkylation sites (N-methyl/N-ethyl adjacent to an activating group) is 2. The molecule has 3 heterocycles. The van der Waals surface area contributed by atoms with Gasteiger partial charge in [-0.05, 0) is 62.5 Å². The molecule has 4 aliphatic rings. The summed E-state index contributed by atoms with van der Waals surface area (Å²) in [5.74, 6) is 0.487. The van der Waals surface area contributed by atoms with Crippen LogP contribution < -0.4 is 4.74 Å². The molecule has 1 aromatic heterocycles. The number of rotatable bonds is 3. The summed E-state index contributed by atoms with van der Waals surface area (Å²) in [6.45, 7) is 2.93. The Hall–Kier alpha value is -2.77. The lowest BCUT2D eigenvalue weighted by atomic mass is 9.47. The van der Waals surface area contributed by atoms with Gasteiger partial charge in [-0.1, -0.05) is 13.0 Å². The molecular weight excluding hydrogens is 420 g/mol. The molecule has 2 N–H and O–H groups in total. The van der Waals surface area contributed by atoms with Crippen LogP contribution in [0, 0.1) is 5.92 Å². The van der Waals surface area contributed by atoms with Crippen molar-refractivity contribution in [2.45, 2.75) is 55.4 Å². The maximum atomic E-state index is 13.2. The van der Waals surface area contributed by atoms with Crippen LogP contribution in [-0.4, -0.2) is 70.3 Å². The van der Waals surface area contributed by atoms with E-state index in [9.17, 15) is 15.0 Å². The summed E-state index contributed by atoms with van der Waals surface area (Å²) in [6, 6.07) is 5.21. The lowest BCUT2D eigenvalue weighted by Gasteiger charge is -2.65. The van der Waals surface area contributed by atoms with Crippen LogP contribution in [0.15, 0.2) is 41.2 Å². The highest BCUT2D eigenvalue weighted by Crippen LogP contribution is 2.66. The van der Waals surface area contributed by atoms with E-state index >= 15 is 0 Å². The molecule has 1 saturated heterocycles. The molecule has 174 valence electrons. The number of aromatic hydroxyl groups is 1. The smallest absolute Gasteiger partial charge is 0.246 e. The average molecular weight is 451 g/mol. The van der Waals surface area contributed by atoms with Crippen LogP contribution in [-0.2, 0) is 16.6 Å². The minimum absolute atomic E-state index is 0.0106. The first-order valence-electron chi connectivity index (χ1n) is 11.7. The Kier molecular flexibility index (Phi) is 4.33. The molecule has 1 aromatic carbocycles. The maximum Gasteiger partial charge on any atom is 0.246 e. The standard InChI is InChI=1S/C26H30N2O5/c1-15-13-26(31)19-12-17-5-6-18(29)23-21(17)25(26,9-10-27(19)2)24(33-23)22(15)28(3)20(30)7-4-16-8-11-32-14-16/h4-8,11,14-15,19,22,24,29,31H,9-10,12-13H2,1-3H3/b7-4+/t15-,19-,22-,24+,25+,26-/m1/s1. The molecule has 1 spiro atoms. The Bertz CT molecular complexity index is 1140. The average Bonchev–Trinajstić information content (AvgIpc) is 3.41. The van der Waals surface area contributed by atoms with Crippen molar-refractivity contribution in [2.75, 3.05) is 20.6 Å². The molecule has 7 nitrogen and oxygen atoms in total. The van der Waals surface area contributed by atoms with E-state index in [1.54, 1.807) is 41.7 Å². The van der Waals surface area contributed by atoms with Crippen LogP contribution in [0.3, 0.4) is 0 Å². The molecule has 2 aliphatic heterocycles. The highest BCUT2D eigenvalue weighted by Gasteiger charge is 2.74. The zero-order chi connectivity index (χ0) is 23.1. The SMILES string of the molecule is C[C@@H]1C[C@@]2(O)[C@H]3Cc4ccc(O)c5c4[C@@]2(CCN3C)[C@@H](O5)[C@@H]1N(C)C(=O)/C=C/c1ccoc1. The number of phenols is 1. The van der Waals surface area contributed by atoms with Crippen molar-refractivity contribution >= 4 is 12.0 Å². The molecular formula is C26H30N2O5. The number of phenolic OH excluding ortho intramolecular Hbond substituents is 1. The van der Waals surface area contributed by atoms with Gasteiger partial charge in [0.15, 0.2) is 11.5 Å². The van der Waals surface area contributed by atoms with E-state index in [1.165, 1.54) is 0 Å². The molecule has 6 rings (SSSR count). The predicted octanol–water partition coefficient (Wildman–Crippen LogP) is 2.56. The van der Waals surface area contributed by atoms with Gasteiger partial charge in [-0.3, -0.25) is 4.79 Å². The van der Waals surface area contributed by atoms with Crippen LogP contribution in [0.4, 0.5) is 0 Å². The number of amides is 1. The fourth-order valence-corrected chi connectivity index (χ4v) is 7.39. The van der Waals surface area contributed by atoms with Gasteiger partial charge in [0.25, 0.3) is 0 Å². The van der Waals surface area contributed by atoms with Crippen molar-refractivity contribution < 1.29 is 24.2 Å². The Morgan fingerprint density at radius 1 is 1.33 bits per heavy atom. The number of carbonyl (C=O) groups excluding carboxylic acids is 1.